The minimum absolute atomic E-state index is 0.282. The van der Waals surface area contributed by atoms with Gasteiger partial charge >= 0.3 is 6.09 Å². The Morgan fingerprint density at radius 3 is 2.55 bits per heavy atom. The number of para-hydroxylation sites is 1. The van der Waals surface area contributed by atoms with Crippen molar-refractivity contribution in [2.24, 2.45) is 0 Å². The molecule has 0 saturated carbocycles. The van der Waals surface area contributed by atoms with Crippen LogP contribution < -0.4 is 9.64 Å². The smallest absolute Gasteiger partial charge is 0.410 e. The topological polar surface area (TPSA) is 45.7 Å². The average Bonchev–Trinajstić information content (AvgIpc) is 3.03. The molecule has 1 amide bonds. The van der Waals surface area contributed by atoms with Crippen molar-refractivity contribution in [2.75, 3.05) is 31.1 Å². The van der Waals surface area contributed by atoms with Crippen molar-refractivity contribution in [3.8, 4) is 5.75 Å². The summed E-state index contributed by atoms with van der Waals surface area (Å²) in [6, 6.07) is 9.16. The number of carbonyl (C=O) groups is 1. The fourth-order valence-corrected chi connectivity index (χ4v) is 2.80. The minimum atomic E-state index is -0.282. The van der Waals surface area contributed by atoms with E-state index in [0.29, 0.717) is 18.8 Å². The van der Waals surface area contributed by atoms with E-state index in [9.17, 15) is 4.79 Å². The molecule has 20 heavy (non-hydrogen) atoms. The van der Waals surface area contributed by atoms with Crippen LogP contribution in [-0.2, 0) is 0 Å². The molecule has 2 heterocycles. The molecule has 0 bridgehead atoms. The highest BCUT2D eigenvalue weighted by atomic mass is 32.1. The van der Waals surface area contributed by atoms with Crippen molar-refractivity contribution in [1.82, 2.24) is 9.88 Å². The highest BCUT2D eigenvalue weighted by molar-refractivity contribution is 7.13. The van der Waals surface area contributed by atoms with Gasteiger partial charge in [-0.1, -0.05) is 18.2 Å². The Balaban J connectivity index is 1.54. The molecule has 0 radical (unpaired) electrons. The van der Waals surface area contributed by atoms with Crippen LogP contribution in [-0.4, -0.2) is 42.2 Å². The number of anilines is 1. The lowest BCUT2D eigenvalue weighted by Gasteiger charge is -2.33. The van der Waals surface area contributed by atoms with Crippen LogP contribution in [0.15, 0.2) is 41.9 Å². The van der Waals surface area contributed by atoms with E-state index < -0.39 is 0 Å². The molecule has 5 nitrogen and oxygen atoms in total. The predicted molar refractivity (Wildman–Crippen MR) is 78.4 cm³/mol. The quantitative estimate of drug-likeness (QED) is 0.852. The zero-order valence-electron chi connectivity index (χ0n) is 10.9. The van der Waals surface area contributed by atoms with Crippen molar-refractivity contribution < 1.29 is 9.53 Å². The van der Waals surface area contributed by atoms with Gasteiger partial charge in [-0.3, -0.25) is 0 Å². The summed E-state index contributed by atoms with van der Waals surface area (Å²) in [4.78, 5) is 20.2. The summed E-state index contributed by atoms with van der Waals surface area (Å²) in [5, 5.41) is 2.98. The van der Waals surface area contributed by atoms with Gasteiger partial charge in [0.05, 0.1) is 0 Å². The zero-order valence-corrected chi connectivity index (χ0v) is 11.8. The van der Waals surface area contributed by atoms with Gasteiger partial charge in [-0.2, -0.15) is 0 Å². The number of hydrogen-bond donors (Lipinski definition) is 0. The van der Waals surface area contributed by atoms with Gasteiger partial charge in [0.2, 0.25) is 0 Å². The Hall–Kier alpha value is -2.08. The molecule has 1 aromatic carbocycles. The number of nitrogens with zero attached hydrogens (tertiary/aromatic N) is 3. The van der Waals surface area contributed by atoms with Crippen LogP contribution in [0.5, 0.6) is 5.75 Å². The van der Waals surface area contributed by atoms with Crippen LogP contribution in [0.25, 0.3) is 0 Å². The van der Waals surface area contributed by atoms with Crippen molar-refractivity contribution in [3.63, 3.8) is 0 Å². The van der Waals surface area contributed by atoms with E-state index in [0.717, 1.165) is 18.2 Å². The molecule has 3 rings (SSSR count). The third kappa shape index (κ3) is 2.91. The highest BCUT2D eigenvalue weighted by Gasteiger charge is 2.23. The highest BCUT2D eigenvalue weighted by Crippen LogP contribution is 2.19. The maximum atomic E-state index is 12.0. The second-order valence-electron chi connectivity index (χ2n) is 4.47. The average molecular weight is 289 g/mol. The Morgan fingerprint density at radius 1 is 1.15 bits per heavy atom. The Bertz CT molecular complexity index is 551. The summed E-state index contributed by atoms with van der Waals surface area (Å²) in [7, 11) is 0. The predicted octanol–water partition coefficient (Wildman–Crippen LogP) is 2.46. The number of benzene rings is 1. The van der Waals surface area contributed by atoms with Gasteiger partial charge < -0.3 is 14.5 Å². The molecule has 0 N–H and O–H groups in total. The molecular formula is C14H15N3O2S. The lowest BCUT2D eigenvalue weighted by Crippen LogP contribution is -2.49. The van der Waals surface area contributed by atoms with Crippen molar-refractivity contribution in [1.29, 1.82) is 0 Å². The number of aromatic nitrogens is 1. The molecule has 2 aromatic rings. The number of amides is 1. The molecule has 0 spiro atoms. The van der Waals surface area contributed by atoms with Gasteiger partial charge in [0.25, 0.3) is 0 Å². The van der Waals surface area contributed by atoms with Gasteiger partial charge in [-0.15, -0.1) is 11.3 Å². The maximum Gasteiger partial charge on any atom is 0.415 e. The number of ether oxygens (including phenoxy) is 1. The van der Waals surface area contributed by atoms with Crippen LogP contribution in [0.3, 0.4) is 0 Å². The number of hydrogen-bond acceptors (Lipinski definition) is 5. The van der Waals surface area contributed by atoms with E-state index in [1.54, 1.807) is 34.6 Å². The third-order valence-electron chi connectivity index (χ3n) is 3.18. The van der Waals surface area contributed by atoms with Crippen molar-refractivity contribution in [2.45, 2.75) is 0 Å². The molecule has 1 aromatic heterocycles. The second kappa shape index (κ2) is 5.92. The molecule has 1 aliphatic heterocycles. The molecule has 1 fully saturated rings. The van der Waals surface area contributed by atoms with E-state index in [-0.39, 0.29) is 6.09 Å². The fourth-order valence-electron chi connectivity index (χ4n) is 2.11. The maximum absolute atomic E-state index is 12.0. The van der Waals surface area contributed by atoms with Crippen LogP contribution >= 0.6 is 11.3 Å². The number of carbonyl (C=O) groups excluding carboxylic acids is 1. The lowest BCUT2D eigenvalue weighted by atomic mass is 10.3. The molecule has 6 heteroatoms. The third-order valence-corrected chi connectivity index (χ3v) is 4.01. The molecular weight excluding hydrogens is 274 g/mol. The van der Waals surface area contributed by atoms with Crippen LogP contribution in [0.2, 0.25) is 0 Å². The SMILES string of the molecule is O=C(Oc1ccccc1)N1CCN(c2nccs2)CC1. The van der Waals surface area contributed by atoms with E-state index in [2.05, 4.69) is 9.88 Å². The van der Waals surface area contributed by atoms with E-state index in [1.807, 2.05) is 23.6 Å². The molecule has 1 aliphatic rings. The van der Waals surface area contributed by atoms with Gasteiger partial charge in [-0.05, 0) is 12.1 Å². The summed E-state index contributed by atoms with van der Waals surface area (Å²) < 4.78 is 5.34. The molecule has 0 unspecified atom stereocenters. The first kappa shape index (κ1) is 12.9. The van der Waals surface area contributed by atoms with Gasteiger partial charge in [0.1, 0.15) is 5.75 Å². The molecule has 104 valence electrons. The summed E-state index contributed by atoms with van der Waals surface area (Å²) in [6.07, 6.45) is 1.52. The first-order valence-corrected chi connectivity index (χ1v) is 7.37. The van der Waals surface area contributed by atoms with E-state index in [1.165, 1.54) is 0 Å². The zero-order chi connectivity index (χ0) is 13.8. The standard InChI is InChI=1S/C14H15N3O2S/c18-14(19-12-4-2-1-3-5-12)17-9-7-16(8-10-17)13-15-6-11-20-13/h1-6,11H,7-10H2. The van der Waals surface area contributed by atoms with Gasteiger partial charge in [-0.25, -0.2) is 9.78 Å². The first-order chi connectivity index (χ1) is 9.83. The van der Waals surface area contributed by atoms with Gasteiger partial charge in [0, 0.05) is 37.8 Å². The van der Waals surface area contributed by atoms with Crippen molar-refractivity contribution in [3.05, 3.63) is 41.9 Å². The minimum Gasteiger partial charge on any atom is -0.410 e. The first-order valence-electron chi connectivity index (χ1n) is 6.49. The van der Waals surface area contributed by atoms with Gasteiger partial charge in [0.15, 0.2) is 5.13 Å². The van der Waals surface area contributed by atoms with Crippen LogP contribution in [0, 0.1) is 0 Å². The largest absolute Gasteiger partial charge is 0.415 e. The summed E-state index contributed by atoms with van der Waals surface area (Å²) >= 11 is 1.62. The second-order valence-corrected chi connectivity index (χ2v) is 5.34. The van der Waals surface area contributed by atoms with Crippen molar-refractivity contribution >= 4 is 22.6 Å². The fraction of sp³-hybridized carbons (Fsp3) is 0.286. The monoisotopic (exact) mass is 289 g/mol. The Kier molecular flexibility index (Phi) is 3.83. The Morgan fingerprint density at radius 2 is 1.90 bits per heavy atom. The summed E-state index contributed by atoms with van der Waals surface area (Å²) in [5.41, 5.74) is 0. The lowest BCUT2D eigenvalue weighted by molar-refractivity contribution is 0.149. The Labute approximate surface area is 121 Å². The molecule has 0 aliphatic carbocycles. The van der Waals surface area contributed by atoms with E-state index >= 15 is 0 Å². The summed E-state index contributed by atoms with van der Waals surface area (Å²) in [6.45, 7) is 2.89. The number of thiazole rings is 1. The number of rotatable bonds is 2. The number of piperazine rings is 1. The van der Waals surface area contributed by atoms with Crippen LogP contribution in [0.1, 0.15) is 0 Å². The summed E-state index contributed by atoms with van der Waals surface area (Å²) in [5.74, 6) is 0.583. The normalized spacial score (nSPS) is 15.2. The van der Waals surface area contributed by atoms with Crippen LogP contribution in [0.4, 0.5) is 9.93 Å². The molecule has 1 saturated heterocycles. The van der Waals surface area contributed by atoms with E-state index in [4.69, 9.17) is 4.74 Å². The molecule has 0 atom stereocenters.